The minimum absolute atomic E-state index is 0.112. The van der Waals surface area contributed by atoms with Gasteiger partial charge in [-0.1, -0.05) is 0 Å². The normalized spacial score (nSPS) is 15.3. The number of carbonyl (C=O) groups is 2. The molecule has 1 aromatic carbocycles. The van der Waals surface area contributed by atoms with Crippen LogP contribution in [0.4, 0.5) is 5.69 Å². The maximum Gasteiger partial charge on any atom is 0.349 e. The van der Waals surface area contributed by atoms with E-state index < -0.39 is 11.5 Å². The highest BCUT2D eigenvalue weighted by molar-refractivity contribution is 7.07. The molecule has 2 aromatic rings. The lowest BCUT2D eigenvalue weighted by atomic mass is 10.2. The number of aliphatic carboxylic acids is 1. The maximum absolute atomic E-state index is 12.6. The van der Waals surface area contributed by atoms with E-state index in [0.29, 0.717) is 17.8 Å². The molecule has 1 aliphatic heterocycles. The van der Waals surface area contributed by atoms with E-state index in [1.54, 1.807) is 37.3 Å². The van der Waals surface area contributed by atoms with E-state index in [1.165, 1.54) is 23.6 Å². The van der Waals surface area contributed by atoms with Crippen molar-refractivity contribution < 1.29 is 14.7 Å². The summed E-state index contributed by atoms with van der Waals surface area (Å²) < 4.78 is 1.65. The summed E-state index contributed by atoms with van der Waals surface area (Å²) in [7, 11) is 0. The fraction of sp³-hybridized carbons (Fsp3) is 0.364. The van der Waals surface area contributed by atoms with Crippen molar-refractivity contribution in [2.45, 2.75) is 26.3 Å². The van der Waals surface area contributed by atoms with Crippen molar-refractivity contribution in [1.29, 1.82) is 5.26 Å². The van der Waals surface area contributed by atoms with Crippen LogP contribution in [0.25, 0.3) is 11.8 Å². The van der Waals surface area contributed by atoms with Crippen LogP contribution in [-0.2, 0) is 11.3 Å². The summed E-state index contributed by atoms with van der Waals surface area (Å²) in [6, 6.07) is 8.48. The van der Waals surface area contributed by atoms with Crippen LogP contribution in [-0.4, -0.2) is 52.6 Å². The predicted octanol–water partition coefficient (Wildman–Crippen LogP) is 0.364. The van der Waals surface area contributed by atoms with Gasteiger partial charge in [0.1, 0.15) is 15.3 Å². The molecule has 0 radical (unpaired) electrons. The Hall–Kier alpha value is -3.42. The summed E-state index contributed by atoms with van der Waals surface area (Å²) in [5, 5.41) is 24.2. The minimum atomic E-state index is -1.37. The molecule has 0 spiro atoms. The number of nitrogens with one attached hydrogen (secondary N) is 2. The van der Waals surface area contributed by atoms with Gasteiger partial charge in [-0.2, -0.15) is 5.26 Å². The third-order valence-corrected chi connectivity index (χ3v) is 6.32. The summed E-state index contributed by atoms with van der Waals surface area (Å²) in [6.07, 6.45) is 3.91. The van der Waals surface area contributed by atoms with E-state index in [0.717, 1.165) is 31.0 Å². The van der Waals surface area contributed by atoms with E-state index in [1.807, 2.05) is 0 Å². The molecule has 1 amide bonds. The van der Waals surface area contributed by atoms with E-state index in [2.05, 4.69) is 15.5 Å². The van der Waals surface area contributed by atoms with E-state index in [-0.39, 0.29) is 27.2 Å². The van der Waals surface area contributed by atoms with Gasteiger partial charge >= 0.3 is 5.97 Å². The molecule has 0 atom stereocenters. The summed E-state index contributed by atoms with van der Waals surface area (Å²) in [6.45, 7) is 5.60. The standard InChI is InChI=1S/C22H25N5O4S/c1-2-27-20(29)18(32-21(27)17(13-23)22(30)31)14-25-16-7-5-15(6-8-16)19(28)24-9-12-26-10-3-4-11-26/h5-8,14,25H,2-4,9-12H2,1H3,(H,24,28)(H,30,31). The number of nitrogens with zero attached hydrogens (tertiary/aromatic N) is 3. The molecule has 1 aromatic heterocycles. The molecule has 2 heterocycles. The summed E-state index contributed by atoms with van der Waals surface area (Å²) in [4.78, 5) is 38.5. The van der Waals surface area contributed by atoms with Crippen LogP contribution in [0.2, 0.25) is 0 Å². The van der Waals surface area contributed by atoms with Crippen LogP contribution < -0.4 is 25.4 Å². The van der Waals surface area contributed by atoms with Gasteiger partial charge in [0.2, 0.25) is 0 Å². The molecule has 0 unspecified atom stereocenters. The highest BCUT2D eigenvalue weighted by Crippen LogP contribution is 2.10. The number of hydrogen-bond donors (Lipinski definition) is 3. The maximum atomic E-state index is 12.6. The van der Waals surface area contributed by atoms with Crippen molar-refractivity contribution in [3.8, 4) is 6.07 Å². The number of anilines is 1. The number of benzene rings is 1. The van der Waals surface area contributed by atoms with Crippen LogP contribution in [0.15, 0.2) is 29.1 Å². The van der Waals surface area contributed by atoms with Gasteiger partial charge in [0.15, 0.2) is 5.57 Å². The van der Waals surface area contributed by atoms with Crippen LogP contribution in [0.1, 0.15) is 30.1 Å². The van der Waals surface area contributed by atoms with E-state index in [4.69, 9.17) is 5.26 Å². The lowest BCUT2D eigenvalue weighted by molar-refractivity contribution is -0.130. The number of likely N-dealkylation sites (tertiary alicyclic amines) is 1. The second-order valence-corrected chi connectivity index (χ2v) is 8.31. The molecule has 3 rings (SSSR count). The van der Waals surface area contributed by atoms with Crippen LogP contribution in [0.5, 0.6) is 0 Å². The monoisotopic (exact) mass is 455 g/mol. The van der Waals surface area contributed by atoms with Gasteiger partial charge in [0.25, 0.3) is 11.5 Å². The second kappa shape index (κ2) is 10.7. The Morgan fingerprint density at radius 1 is 1.25 bits per heavy atom. The van der Waals surface area contributed by atoms with Crippen molar-refractivity contribution in [3.63, 3.8) is 0 Å². The second-order valence-electron chi connectivity index (χ2n) is 7.28. The quantitative estimate of drug-likeness (QED) is 0.525. The number of carbonyl (C=O) groups excluding carboxylic acids is 1. The highest BCUT2D eigenvalue weighted by Gasteiger charge is 2.14. The predicted molar refractivity (Wildman–Crippen MR) is 123 cm³/mol. The third kappa shape index (κ3) is 5.43. The molecule has 1 fully saturated rings. The largest absolute Gasteiger partial charge is 0.477 e. The summed E-state index contributed by atoms with van der Waals surface area (Å²) in [5.41, 5.74) is 0.369. The average molecular weight is 456 g/mol. The molecule has 1 saturated heterocycles. The molecule has 0 aliphatic carbocycles. The molecular weight excluding hydrogens is 430 g/mol. The first-order valence-corrected chi connectivity index (χ1v) is 11.2. The zero-order valence-corrected chi connectivity index (χ0v) is 18.6. The first kappa shape index (κ1) is 23.2. The Morgan fingerprint density at radius 3 is 2.53 bits per heavy atom. The average Bonchev–Trinajstić information content (AvgIpc) is 3.40. The van der Waals surface area contributed by atoms with Crippen molar-refractivity contribution >= 4 is 40.7 Å². The number of hydrogen-bond acceptors (Lipinski definition) is 7. The Morgan fingerprint density at radius 2 is 1.94 bits per heavy atom. The number of nitriles is 1. The van der Waals surface area contributed by atoms with Gasteiger partial charge in [0.05, 0.1) is 0 Å². The molecule has 168 valence electrons. The van der Waals surface area contributed by atoms with Gasteiger partial charge in [-0.25, -0.2) is 4.79 Å². The van der Waals surface area contributed by atoms with Gasteiger partial charge in [-0.3, -0.25) is 14.2 Å². The molecule has 10 heteroatoms. The molecule has 9 nitrogen and oxygen atoms in total. The van der Waals surface area contributed by atoms with Crippen molar-refractivity contribution in [2.24, 2.45) is 0 Å². The Bertz CT molecular complexity index is 1200. The van der Waals surface area contributed by atoms with Gasteiger partial charge in [0, 0.05) is 37.1 Å². The Labute approximate surface area is 188 Å². The zero-order chi connectivity index (χ0) is 23.1. The van der Waals surface area contributed by atoms with Gasteiger partial charge in [-0.05, 0) is 57.1 Å². The number of rotatable bonds is 8. The van der Waals surface area contributed by atoms with E-state index >= 15 is 0 Å². The van der Waals surface area contributed by atoms with Crippen molar-refractivity contribution in [2.75, 3.05) is 31.5 Å². The number of carboxylic acids is 1. The van der Waals surface area contributed by atoms with Crippen LogP contribution in [0, 0.1) is 11.3 Å². The molecule has 3 N–H and O–H groups in total. The van der Waals surface area contributed by atoms with Crippen LogP contribution >= 0.6 is 11.3 Å². The number of thiazole rings is 1. The topological polar surface area (TPSA) is 127 Å². The molecule has 1 aliphatic rings. The summed E-state index contributed by atoms with van der Waals surface area (Å²) >= 11 is 0.942. The highest BCUT2D eigenvalue weighted by atomic mass is 32.1. The van der Waals surface area contributed by atoms with Crippen molar-refractivity contribution in [3.05, 3.63) is 49.4 Å². The van der Waals surface area contributed by atoms with Crippen molar-refractivity contribution in [1.82, 2.24) is 14.8 Å². The minimum Gasteiger partial charge on any atom is -0.477 e. The van der Waals surface area contributed by atoms with Gasteiger partial charge < -0.3 is 20.6 Å². The fourth-order valence-corrected chi connectivity index (χ4v) is 4.56. The smallest absolute Gasteiger partial charge is 0.349 e. The Balaban J connectivity index is 1.70. The molecule has 0 bridgehead atoms. The number of aromatic nitrogens is 1. The first-order valence-electron chi connectivity index (χ1n) is 10.4. The number of carboxylic acid groups (broad SMARTS) is 1. The zero-order valence-electron chi connectivity index (χ0n) is 17.8. The third-order valence-electron chi connectivity index (χ3n) is 5.19. The lowest BCUT2D eigenvalue weighted by Crippen LogP contribution is -2.33. The molecule has 0 saturated carbocycles. The SMILES string of the molecule is CCn1c(=C(C#N)C(=O)O)sc(=CNc2ccc(C(=O)NCCN3CCCC3)cc2)c1=O. The molecular formula is C22H25N5O4S. The van der Waals surface area contributed by atoms with Crippen LogP contribution in [0.3, 0.4) is 0 Å². The fourth-order valence-electron chi connectivity index (χ4n) is 3.48. The lowest BCUT2D eigenvalue weighted by Gasteiger charge is -2.14. The van der Waals surface area contributed by atoms with Gasteiger partial charge in [-0.15, -0.1) is 11.3 Å². The molecule has 32 heavy (non-hydrogen) atoms. The van der Waals surface area contributed by atoms with E-state index in [9.17, 15) is 19.5 Å². The Kier molecular flexibility index (Phi) is 7.81. The summed E-state index contributed by atoms with van der Waals surface area (Å²) in [5.74, 6) is -1.51. The number of amides is 1. The first-order chi connectivity index (χ1) is 15.4.